The van der Waals surface area contributed by atoms with Crippen LogP contribution in [-0.4, -0.2) is 37.7 Å². The van der Waals surface area contributed by atoms with Crippen LogP contribution in [0.5, 0.6) is 0 Å². The molecule has 0 amide bonds. The van der Waals surface area contributed by atoms with Crippen molar-refractivity contribution in [1.82, 2.24) is 25.0 Å². The van der Waals surface area contributed by atoms with Crippen molar-refractivity contribution in [2.75, 3.05) is 12.3 Å². The van der Waals surface area contributed by atoms with Gasteiger partial charge in [-0.3, -0.25) is 0 Å². The third-order valence-electron chi connectivity index (χ3n) is 4.00. The second-order valence-electron chi connectivity index (χ2n) is 5.67. The minimum absolute atomic E-state index is 0.203. The van der Waals surface area contributed by atoms with Crippen LogP contribution in [0.15, 0.2) is 0 Å². The van der Waals surface area contributed by atoms with Crippen LogP contribution >= 0.6 is 0 Å². The van der Waals surface area contributed by atoms with E-state index in [1.54, 1.807) is 0 Å². The van der Waals surface area contributed by atoms with E-state index in [0.29, 0.717) is 23.8 Å². The van der Waals surface area contributed by atoms with Crippen LogP contribution in [-0.2, 0) is 11.3 Å². The molecule has 2 aromatic heterocycles. The molecule has 20 heavy (non-hydrogen) atoms. The largest absolute Gasteiger partial charge is 0.382 e. The number of hydrogen-bond donors (Lipinski definition) is 1. The molecule has 0 aromatic carbocycles. The quantitative estimate of drug-likeness (QED) is 0.905. The lowest BCUT2D eigenvalue weighted by Crippen LogP contribution is -2.25. The molecule has 2 aliphatic rings. The predicted molar refractivity (Wildman–Crippen MR) is 73.1 cm³/mol. The molecule has 0 radical (unpaired) electrons. The molecule has 0 spiro atoms. The van der Waals surface area contributed by atoms with Gasteiger partial charge in [0.1, 0.15) is 5.82 Å². The maximum Gasteiger partial charge on any atom is 0.184 e. The molecule has 1 unspecified atom stereocenters. The monoisotopic (exact) mass is 274 g/mol. The molecule has 7 nitrogen and oxygen atoms in total. The first kappa shape index (κ1) is 12.0. The Balaban J connectivity index is 1.67. The normalized spacial score (nSPS) is 23.3. The first-order chi connectivity index (χ1) is 9.81. The van der Waals surface area contributed by atoms with Gasteiger partial charge in [0.2, 0.25) is 0 Å². The molecular formula is C13H18N6O. The third-order valence-corrected chi connectivity index (χ3v) is 4.00. The van der Waals surface area contributed by atoms with Gasteiger partial charge in [0.25, 0.3) is 0 Å². The number of nitrogens with zero attached hydrogens (tertiary/aromatic N) is 5. The van der Waals surface area contributed by atoms with Crippen molar-refractivity contribution < 1.29 is 4.74 Å². The Morgan fingerprint density at radius 3 is 2.85 bits per heavy atom. The number of ether oxygens (including phenoxy) is 1. The van der Waals surface area contributed by atoms with Crippen molar-refractivity contribution in [2.24, 2.45) is 0 Å². The molecular weight excluding hydrogens is 256 g/mol. The van der Waals surface area contributed by atoms with Gasteiger partial charge < -0.3 is 10.5 Å². The highest BCUT2D eigenvalue weighted by atomic mass is 16.5. The van der Waals surface area contributed by atoms with Gasteiger partial charge in [-0.05, 0) is 32.1 Å². The lowest BCUT2D eigenvalue weighted by Gasteiger charge is -2.22. The highest BCUT2D eigenvalue weighted by Crippen LogP contribution is 2.38. The van der Waals surface area contributed by atoms with Crippen molar-refractivity contribution in [3.05, 3.63) is 5.82 Å². The average Bonchev–Trinajstić information content (AvgIpc) is 3.24. The van der Waals surface area contributed by atoms with E-state index in [2.05, 4.69) is 20.3 Å². The Bertz CT molecular complexity index is 629. The first-order valence-corrected chi connectivity index (χ1v) is 7.29. The highest BCUT2D eigenvalue weighted by Gasteiger charge is 2.28. The molecule has 106 valence electrons. The Hall–Kier alpha value is -1.76. The summed E-state index contributed by atoms with van der Waals surface area (Å²) in [5.41, 5.74) is 7.32. The van der Waals surface area contributed by atoms with Gasteiger partial charge in [0.05, 0.1) is 12.6 Å². The van der Waals surface area contributed by atoms with Crippen LogP contribution in [0.1, 0.15) is 43.8 Å². The Kier molecular flexibility index (Phi) is 2.80. The van der Waals surface area contributed by atoms with E-state index in [4.69, 9.17) is 10.5 Å². The number of nitrogens with two attached hydrogens (primary N) is 1. The van der Waals surface area contributed by atoms with Crippen LogP contribution in [0.2, 0.25) is 0 Å². The molecule has 0 bridgehead atoms. The molecule has 2 N–H and O–H groups in total. The first-order valence-electron chi connectivity index (χ1n) is 7.29. The highest BCUT2D eigenvalue weighted by molar-refractivity contribution is 5.80. The molecule has 1 atom stereocenters. The standard InChI is InChI=1S/C13H18N6O/c14-11-10-13(16-12(15-11)8-4-5-8)19(18-17-10)7-9-3-1-2-6-20-9/h8-9H,1-7H2,(H2,14,15,16). The van der Waals surface area contributed by atoms with Crippen LogP contribution in [0.25, 0.3) is 11.2 Å². The van der Waals surface area contributed by atoms with E-state index in [1.165, 1.54) is 6.42 Å². The Labute approximate surface area is 116 Å². The van der Waals surface area contributed by atoms with E-state index in [0.717, 1.165) is 43.8 Å². The maximum absolute atomic E-state index is 5.97. The molecule has 1 aliphatic heterocycles. The van der Waals surface area contributed by atoms with E-state index in [9.17, 15) is 0 Å². The Morgan fingerprint density at radius 2 is 2.10 bits per heavy atom. The topological polar surface area (TPSA) is 91.7 Å². The summed E-state index contributed by atoms with van der Waals surface area (Å²) in [7, 11) is 0. The second kappa shape index (κ2) is 4.66. The number of anilines is 1. The fourth-order valence-corrected chi connectivity index (χ4v) is 2.69. The van der Waals surface area contributed by atoms with Gasteiger partial charge in [-0.1, -0.05) is 5.21 Å². The van der Waals surface area contributed by atoms with Crippen LogP contribution < -0.4 is 5.73 Å². The lowest BCUT2D eigenvalue weighted by molar-refractivity contribution is 0.00433. The van der Waals surface area contributed by atoms with Crippen LogP contribution in [0, 0.1) is 0 Å². The van der Waals surface area contributed by atoms with Gasteiger partial charge in [-0.15, -0.1) is 5.10 Å². The summed E-state index contributed by atoms with van der Waals surface area (Å²) in [6.45, 7) is 1.53. The van der Waals surface area contributed by atoms with Crippen molar-refractivity contribution >= 4 is 17.0 Å². The van der Waals surface area contributed by atoms with Gasteiger partial charge >= 0.3 is 0 Å². The maximum atomic E-state index is 5.97. The zero-order chi connectivity index (χ0) is 13.5. The molecule has 3 heterocycles. The molecule has 2 fully saturated rings. The minimum Gasteiger partial charge on any atom is -0.382 e. The zero-order valence-corrected chi connectivity index (χ0v) is 11.3. The summed E-state index contributed by atoms with van der Waals surface area (Å²) in [6.07, 6.45) is 5.93. The van der Waals surface area contributed by atoms with Gasteiger partial charge in [0.15, 0.2) is 17.0 Å². The summed E-state index contributed by atoms with van der Waals surface area (Å²) in [5, 5.41) is 8.29. The van der Waals surface area contributed by atoms with Crippen molar-refractivity contribution in [3.63, 3.8) is 0 Å². The predicted octanol–water partition coefficient (Wildman–Crippen LogP) is 1.25. The van der Waals surface area contributed by atoms with Crippen molar-refractivity contribution in [2.45, 2.75) is 50.7 Å². The number of nitrogen functional groups attached to an aromatic ring is 1. The summed E-state index contributed by atoms with van der Waals surface area (Å²) in [5.74, 6) is 1.74. The minimum atomic E-state index is 0.203. The summed E-state index contributed by atoms with van der Waals surface area (Å²) >= 11 is 0. The fraction of sp³-hybridized carbons (Fsp3) is 0.692. The molecule has 2 aromatic rings. The molecule has 1 saturated carbocycles. The number of aromatic nitrogens is 5. The average molecular weight is 274 g/mol. The van der Waals surface area contributed by atoms with Crippen molar-refractivity contribution in [1.29, 1.82) is 0 Å². The summed E-state index contributed by atoms with van der Waals surface area (Å²) in [4.78, 5) is 8.96. The van der Waals surface area contributed by atoms with E-state index < -0.39 is 0 Å². The third kappa shape index (κ3) is 2.11. The lowest BCUT2D eigenvalue weighted by atomic mass is 10.1. The van der Waals surface area contributed by atoms with Crippen LogP contribution in [0.3, 0.4) is 0 Å². The van der Waals surface area contributed by atoms with Gasteiger partial charge in [-0.25, -0.2) is 14.6 Å². The smallest absolute Gasteiger partial charge is 0.184 e. The Morgan fingerprint density at radius 1 is 1.20 bits per heavy atom. The van der Waals surface area contributed by atoms with Crippen LogP contribution in [0.4, 0.5) is 5.82 Å². The molecule has 4 rings (SSSR count). The molecule has 1 aliphatic carbocycles. The number of fused-ring (bicyclic) bond motifs is 1. The van der Waals surface area contributed by atoms with E-state index >= 15 is 0 Å². The van der Waals surface area contributed by atoms with Crippen molar-refractivity contribution in [3.8, 4) is 0 Å². The summed E-state index contributed by atoms with van der Waals surface area (Å²) in [6, 6.07) is 0. The van der Waals surface area contributed by atoms with E-state index in [-0.39, 0.29) is 6.10 Å². The molecule has 1 saturated heterocycles. The second-order valence-corrected chi connectivity index (χ2v) is 5.67. The number of hydrogen-bond acceptors (Lipinski definition) is 6. The van der Waals surface area contributed by atoms with Gasteiger partial charge in [0, 0.05) is 12.5 Å². The molecule has 7 heteroatoms. The zero-order valence-electron chi connectivity index (χ0n) is 11.3. The van der Waals surface area contributed by atoms with E-state index in [1.807, 2.05) is 4.68 Å². The number of rotatable bonds is 3. The summed E-state index contributed by atoms with van der Waals surface area (Å²) < 4.78 is 7.57. The van der Waals surface area contributed by atoms with Gasteiger partial charge in [-0.2, -0.15) is 0 Å². The fourth-order valence-electron chi connectivity index (χ4n) is 2.69. The SMILES string of the molecule is Nc1nc(C2CC2)nc2c1nnn2CC1CCCCO1.